The lowest BCUT2D eigenvalue weighted by molar-refractivity contribution is -0.149. The Hall–Kier alpha value is -1.75. The van der Waals surface area contributed by atoms with E-state index in [2.05, 4.69) is 6.92 Å². The van der Waals surface area contributed by atoms with Gasteiger partial charge in [0.15, 0.2) is 0 Å². The number of rotatable bonds is 9. The molecule has 0 aliphatic rings. The number of fused-ring (bicyclic) bond motifs is 1. The van der Waals surface area contributed by atoms with Gasteiger partial charge < -0.3 is 10.5 Å². The van der Waals surface area contributed by atoms with Gasteiger partial charge in [0.2, 0.25) is 0 Å². The van der Waals surface area contributed by atoms with E-state index in [9.17, 15) is 13.2 Å². The van der Waals surface area contributed by atoms with E-state index in [1.54, 1.807) is 12.1 Å². The highest BCUT2D eigenvalue weighted by Crippen LogP contribution is 2.34. The summed E-state index contributed by atoms with van der Waals surface area (Å²) in [5.74, 6) is 0.613. The number of benzene rings is 2. The second kappa shape index (κ2) is 9.09. The molecule has 0 aliphatic carbocycles. The molecule has 2 rings (SSSR count). The molecule has 0 saturated carbocycles. The maximum Gasteiger partial charge on any atom is 0.407 e. The van der Waals surface area contributed by atoms with Gasteiger partial charge in [-0.1, -0.05) is 63.3 Å². The summed E-state index contributed by atoms with van der Waals surface area (Å²) in [6.45, 7) is 2.75. The monoisotopic (exact) mass is 353 g/mol. The van der Waals surface area contributed by atoms with E-state index in [0.717, 1.165) is 18.2 Å². The Bertz CT molecular complexity index is 670. The first kappa shape index (κ1) is 19.6. The first-order valence-electron chi connectivity index (χ1n) is 8.91. The second-order valence-corrected chi connectivity index (χ2v) is 6.37. The highest BCUT2D eigenvalue weighted by atomic mass is 19.4. The van der Waals surface area contributed by atoms with E-state index in [0.29, 0.717) is 17.7 Å². The van der Waals surface area contributed by atoms with Gasteiger partial charge in [0, 0.05) is 5.39 Å². The van der Waals surface area contributed by atoms with Crippen LogP contribution in [0.25, 0.3) is 10.8 Å². The second-order valence-electron chi connectivity index (χ2n) is 6.37. The number of unbranched alkanes of at least 4 members (excludes halogenated alkanes) is 5. The molecule has 25 heavy (non-hydrogen) atoms. The Balaban J connectivity index is 2.04. The van der Waals surface area contributed by atoms with E-state index < -0.39 is 12.2 Å². The molecule has 0 amide bonds. The average molecular weight is 353 g/mol. The number of halogens is 3. The molecule has 2 N–H and O–H groups in total. The zero-order chi connectivity index (χ0) is 18.3. The first-order valence-corrected chi connectivity index (χ1v) is 8.91. The molecular formula is C20H26F3NO. The van der Waals surface area contributed by atoms with Crippen LogP contribution in [0.2, 0.25) is 0 Å². The van der Waals surface area contributed by atoms with Crippen LogP contribution in [0.3, 0.4) is 0 Å². The SMILES string of the molecule is CCCCCCCCOc1cccc2ccc([C@H](N)C(F)(F)F)cc12. The molecule has 0 saturated heterocycles. The van der Waals surface area contributed by atoms with E-state index in [1.165, 1.54) is 37.8 Å². The Morgan fingerprint density at radius 3 is 2.44 bits per heavy atom. The maximum absolute atomic E-state index is 12.9. The number of alkyl halides is 3. The molecule has 0 spiro atoms. The lowest BCUT2D eigenvalue weighted by Crippen LogP contribution is -2.28. The summed E-state index contributed by atoms with van der Waals surface area (Å²) < 4.78 is 44.4. The Labute approximate surface area is 147 Å². The number of ether oxygens (including phenoxy) is 1. The topological polar surface area (TPSA) is 35.2 Å². The van der Waals surface area contributed by atoms with E-state index in [-0.39, 0.29) is 5.56 Å². The van der Waals surface area contributed by atoms with E-state index in [1.807, 2.05) is 12.1 Å². The van der Waals surface area contributed by atoms with Crippen LogP contribution in [0.15, 0.2) is 36.4 Å². The van der Waals surface area contributed by atoms with Crippen molar-refractivity contribution in [1.29, 1.82) is 0 Å². The van der Waals surface area contributed by atoms with Crippen LogP contribution in [-0.4, -0.2) is 12.8 Å². The van der Waals surface area contributed by atoms with Gasteiger partial charge in [-0.3, -0.25) is 0 Å². The fourth-order valence-corrected chi connectivity index (χ4v) is 2.83. The predicted octanol–water partition coefficient (Wildman–Crippen LogP) is 6.14. The quantitative estimate of drug-likeness (QED) is 0.549. The average Bonchev–Trinajstić information content (AvgIpc) is 2.59. The third kappa shape index (κ3) is 5.63. The molecule has 0 aromatic heterocycles. The highest BCUT2D eigenvalue weighted by Gasteiger charge is 2.37. The Morgan fingerprint density at radius 1 is 1.00 bits per heavy atom. The largest absolute Gasteiger partial charge is 0.493 e. The zero-order valence-corrected chi connectivity index (χ0v) is 14.6. The molecule has 0 radical (unpaired) electrons. The molecule has 1 atom stereocenters. The molecule has 2 aromatic carbocycles. The van der Waals surface area contributed by atoms with Crippen molar-refractivity contribution in [2.75, 3.05) is 6.61 Å². The summed E-state index contributed by atoms with van der Waals surface area (Å²) in [4.78, 5) is 0. The Kier molecular flexibility index (Phi) is 7.12. The molecular weight excluding hydrogens is 327 g/mol. The van der Waals surface area contributed by atoms with Gasteiger partial charge in [0.05, 0.1) is 6.61 Å². The maximum atomic E-state index is 12.9. The number of hydrogen-bond acceptors (Lipinski definition) is 2. The third-order valence-corrected chi connectivity index (χ3v) is 4.33. The molecule has 0 heterocycles. The minimum atomic E-state index is -4.46. The standard InChI is InChI=1S/C20H26F3NO/c1-2-3-4-5-6-7-13-25-18-10-8-9-15-11-12-16(14-17(15)18)19(24)20(21,22)23/h8-12,14,19H,2-7,13,24H2,1H3/t19-/m0/s1. The number of nitrogens with two attached hydrogens (primary N) is 1. The van der Waals surface area contributed by atoms with Crippen molar-refractivity contribution in [2.24, 2.45) is 5.73 Å². The van der Waals surface area contributed by atoms with Gasteiger partial charge in [0.25, 0.3) is 0 Å². The van der Waals surface area contributed by atoms with Crippen molar-refractivity contribution < 1.29 is 17.9 Å². The minimum absolute atomic E-state index is 0.0515. The lowest BCUT2D eigenvalue weighted by atomic mass is 10.0. The van der Waals surface area contributed by atoms with Gasteiger partial charge in [-0.05, 0) is 29.5 Å². The van der Waals surface area contributed by atoms with Gasteiger partial charge in [-0.15, -0.1) is 0 Å². The van der Waals surface area contributed by atoms with Crippen LogP contribution in [0.5, 0.6) is 5.75 Å². The summed E-state index contributed by atoms with van der Waals surface area (Å²) in [7, 11) is 0. The van der Waals surface area contributed by atoms with Gasteiger partial charge in [-0.2, -0.15) is 13.2 Å². The van der Waals surface area contributed by atoms with Crippen LogP contribution in [0, 0.1) is 0 Å². The highest BCUT2D eigenvalue weighted by molar-refractivity contribution is 5.89. The van der Waals surface area contributed by atoms with Crippen LogP contribution >= 0.6 is 0 Å². The van der Waals surface area contributed by atoms with Gasteiger partial charge >= 0.3 is 6.18 Å². The van der Waals surface area contributed by atoms with Crippen molar-refractivity contribution in [3.8, 4) is 5.75 Å². The predicted molar refractivity (Wildman–Crippen MR) is 95.8 cm³/mol. The molecule has 0 unspecified atom stereocenters. The first-order chi connectivity index (χ1) is 11.9. The summed E-state index contributed by atoms with van der Waals surface area (Å²) in [5, 5.41) is 1.52. The normalized spacial score (nSPS) is 13.2. The van der Waals surface area contributed by atoms with Crippen LogP contribution in [0.1, 0.15) is 57.1 Å². The lowest BCUT2D eigenvalue weighted by Gasteiger charge is -2.17. The van der Waals surface area contributed by atoms with Crippen molar-refractivity contribution in [3.63, 3.8) is 0 Å². The zero-order valence-electron chi connectivity index (χ0n) is 14.6. The van der Waals surface area contributed by atoms with E-state index >= 15 is 0 Å². The summed E-state index contributed by atoms with van der Waals surface area (Å²) >= 11 is 0. The van der Waals surface area contributed by atoms with Crippen molar-refractivity contribution in [3.05, 3.63) is 42.0 Å². The van der Waals surface area contributed by atoms with Gasteiger partial charge in [-0.25, -0.2) is 0 Å². The molecule has 138 valence electrons. The third-order valence-electron chi connectivity index (χ3n) is 4.33. The van der Waals surface area contributed by atoms with Crippen LogP contribution in [-0.2, 0) is 0 Å². The van der Waals surface area contributed by atoms with Gasteiger partial charge in [0.1, 0.15) is 11.8 Å². The Morgan fingerprint density at radius 2 is 1.72 bits per heavy atom. The fourth-order valence-electron chi connectivity index (χ4n) is 2.83. The summed E-state index contributed by atoms with van der Waals surface area (Å²) in [5.41, 5.74) is 5.38. The van der Waals surface area contributed by atoms with Crippen molar-refractivity contribution >= 4 is 10.8 Å². The smallest absolute Gasteiger partial charge is 0.407 e. The molecule has 0 bridgehead atoms. The van der Waals surface area contributed by atoms with Crippen molar-refractivity contribution in [1.82, 2.24) is 0 Å². The summed E-state index contributed by atoms with van der Waals surface area (Å²) in [6, 6.07) is 8.10. The molecule has 2 nitrogen and oxygen atoms in total. The molecule has 5 heteroatoms. The fraction of sp³-hybridized carbons (Fsp3) is 0.500. The van der Waals surface area contributed by atoms with Crippen LogP contribution < -0.4 is 10.5 Å². The molecule has 0 fully saturated rings. The molecule has 0 aliphatic heterocycles. The van der Waals surface area contributed by atoms with Crippen LogP contribution in [0.4, 0.5) is 13.2 Å². The molecule has 2 aromatic rings. The number of hydrogen-bond donors (Lipinski definition) is 1. The van der Waals surface area contributed by atoms with E-state index in [4.69, 9.17) is 10.5 Å². The van der Waals surface area contributed by atoms with Crippen molar-refractivity contribution in [2.45, 2.75) is 57.7 Å². The summed E-state index contributed by atoms with van der Waals surface area (Å²) in [6.07, 6.45) is 2.50. The minimum Gasteiger partial charge on any atom is -0.493 e.